The Labute approximate surface area is 110 Å². The summed E-state index contributed by atoms with van der Waals surface area (Å²) >= 11 is 0. The van der Waals surface area contributed by atoms with Gasteiger partial charge >= 0.3 is 0 Å². The first-order valence-corrected chi connectivity index (χ1v) is 5.73. The fourth-order valence-corrected chi connectivity index (χ4v) is 2.01. The molecule has 2 aromatic rings. The first-order chi connectivity index (χ1) is 9.11. The number of rotatable bonds is 4. The standard InChI is InChI=1S/C13H14N4O2/c1-9-12(19-8-15-9)13(2,16-17-14)10-4-6-11(18-3)7-5-10/h4-8H,1-3H3. The molecule has 0 aliphatic rings. The molecule has 0 bridgehead atoms. The Morgan fingerprint density at radius 2 is 2.05 bits per heavy atom. The van der Waals surface area contributed by atoms with Crippen molar-refractivity contribution in [3.8, 4) is 5.75 Å². The molecule has 1 heterocycles. The molecule has 0 amide bonds. The summed E-state index contributed by atoms with van der Waals surface area (Å²) in [5, 5.41) is 3.89. The topological polar surface area (TPSA) is 84.0 Å². The highest BCUT2D eigenvalue weighted by Gasteiger charge is 2.33. The van der Waals surface area contributed by atoms with Gasteiger partial charge in [0.15, 0.2) is 6.39 Å². The van der Waals surface area contributed by atoms with Crippen LogP contribution in [0.15, 0.2) is 40.2 Å². The van der Waals surface area contributed by atoms with Crippen molar-refractivity contribution in [3.63, 3.8) is 0 Å². The average Bonchev–Trinajstić information content (AvgIpc) is 2.86. The Balaban J connectivity index is 2.56. The van der Waals surface area contributed by atoms with Gasteiger partial charge in [-0.3, -0.25) is 0 Å². The lowest BCUT2D eigenvalue weighted by atomic mass is 9.89. The first-order valence-electron chi connectivity index (χ1n) is 5.73. The van der Waals surface area contributed by atoms with Crippen molar-refractivity contribution in [2.45, 2.75) is 19.4 Å². The van der Waals surface area contributed by atoms with Crippen LogP contribution in [-0.4, -0.2) is 12.1 Å². The van der Waals surface area contributed by atoms with Gasteiger partial charge in [-0.2, -0.15) is 0 Å². The average molecular weight is 258 g/mol. The zero-order valence-electron chi connectivity index (χ0n) is 11.0. The maximum absolute atomic E-state index is 8.83. The summed E-state index contributed by atoms with van der Waals surface area (Å²) in [4.78, 5) is 6.98. The van der Waals surface area contributed by atoms with E-state index in [0.29, 0.717) is 11.5 Å². The molecule has 0 aliphatic carbocycles. The minimum Gasteiger partial charge on any atom is -0.497 e. The lowest BCUT2D eigenvalue weighted by Gasteiger charge is -2.22. The fourth-order valence-electron chi connectivity index (χ4n) is 2.01. The highest BCUT2D eigenvalue weighted by molar-refractivity contribution is 5.38. The minimum absolute atomic E-state index is 0.537. The lowest BCUT2D eigenvalue weighted by molar-refractivity contribution is 0.405. The molecule has 6 heteroatoms. The van der Waals surface area contributed by atoms with E-state index in [4.69, 9.17) is 14.7 Å². The van der Waals surface area contributed by atoms with Crippen LogP contribution in [-0.2, 0) is 5.54 Å². The lowest BCUT2D eigenvalue weighted by Crippen LogP contribution is -2.20. The van der Waals surface area contributed by atoms with E-state index >= 15 is 0 Å². The number of oxazole rings is 1. The van der Waals surface area contributed by atoms with Gasteiger partial charge in [0.25, 0.3) is 0 Å². The second kappa shape index (κ2) is 5.04. The molecule has 0 saturated heterocycles. The van der Waals surface area contributed by atoms with Gasteiger partial charge < -0.3 is 9.15 Å². The van der Waals surface area contributed by atoms with E-state index in [-0.39, 0.29) is 0 Å². The number of aromatic nitrogens is 1. The molecule has 0 saturated carbocycles. The van der Waals surface area contributed by atoms with Crippen LogP contribution in [0, 0.1) is 6.92 Å². The summed E-state index contributed by atoms with van der Waals surface area (Å²) in [5.41, 5.74) is 9.41. The smallest absolute Gasteiger partial charge is 0.181 e. The van der Waals surface area contributed by atoms with Crippen molar-refractivity contribution in [1.29, 1.82) is 0 Å². The van der Waals surface area contributed by atoms with Crippen LogP contribution in [0.2, 0.25) is 0 Å². The monoisotopic (exact) mass is 258 g/mol. The quantitative estimate of drug-likeness (QED) is 0.477. The molecular weight excluding hydrogens is 244 g/mol. The molecule has 19 heavy (non-hydrogen) atoms. The zero-order valence-corrected chi connectivity index (χ0v) is 11.0. The van der Waals surface area contributed by atoms with Gasteiger partial charge in [-0.05, 0) is 37.1 Å². The third-order valence-corrected chi connectivity index (χ3v) is 3.08. The van der Waals surface area contributed by atoms with Crippen LogP contribution in [0.5, 0.6) is 5.75 Å². The molecule has 0 spiro atoms. The van der Waals surface area contributed by atoms with Gasteiger partial charge in [0.05, 0.1) is 12.8 Å². The Morgan fingerprint density at radius 3 is 2.53 bits per heavy atom. The Bertz CT molecular complexity index is 614. The molecule has 6 nitrogen and oxygen atoms in total. The number of nitrogens with zero attached hydrogens (tertiary/aromatic N) is 4. The molecule has 0 aliphatic heterocycles. The van der Waals surface area contributed by atoms with Crippen molar-refractivity contribution in [1.82, 2.24) is 4.98 Å². The summed E-state index contributed by atoms with van der Waals surface area (Å²) in [7, 11) is 1.60. The number of benzene rings is 1. The molecule has 1 aromatic carbocycles. The van der Waals surface area contributed by atoms with Crippen LogP contribution in [0.4, 0.5) is 0 Å². The third kappa shape index (κ3) is 2.26. The number of ether oxygens (including phenoxy) is 1. The minimum atomic E-state index is -0.929. The highest BCUT2D eigenvalue weighted by atomic mass is 16.5. The van der Waals surface area contributed by atoms with Gasteiger partial charge in [0, 0.05) is 4.91 Å². The van der Waals surface area contributed by atoms with Crippen molar-refractivity contribution >= 4 is 0 Å². The molecule has 1 aromatic heterocycles. The van der Waals surface area contributed by atoms with Crippen LogP contribution in [0.3, 0.4) is 0 Å². The van der Waals surface area contributed by atoms with Crippen LogP contribution < -0.4 is 4.74 Å². The number of hydrogen-bond acceptors (Lipinski definition) is 4. The normalized spacial score (nSPS) is 13.4. The summed E-state index contributed by atoms with van der Waals surface area (Å²) in [6.45, 7) is 3.61. The van der Waals surface area contributed by atoms with Crippen molar-refractivity contribution in [2.75, 3.05) is 7.11 Å². The number of aryl methyl sites for hydroxylation is 1. The number of methoxy groups -OCH3 is 1. The molecule has 2 rings (SSSR count). The zero-order chi connectivity index (χ0) is 13.9. The van der Waals surface area contributed by atoms with Crippen molar-refractivity contribution in [3.05, 3.63) is 58.1 Å². The molecule has 0 fully saturated rings. The van der Waals surface area contributed by atoms with Crippen LogP contribution in [0.25, 0.3) is 10.4 Å². The van der Waals surface area contributed by atoms with E-state index in [1.165, 1.54) is 6.39 Å². The SMILES string of the molecule is COc1ccc(C(C)(N=[N+]=[N-])c2ocnc2C)cc1. The van der Waals surface area contributed by atoms with E-state index in [9.17, 15) is 0 Å². The first kappa shape index (κ1) is 13.0. The predicted octanol–water partition coefficient (Wildman–Crippen LogP) is 3.57. The second-order valence-corrected chi connectivity index (χ2v) is 4.26. The largest absolute Gasteiger partial charge is 0.497 e. The predicted molar refractivity (Wildman–Crippen MR) is 69.8 cm³/mol. The molecule has 98 valence electrons. The van der Waals surface area contributed by atoms with Gasteiger partial charge in [-0.25, -0.2) is 4.98 Å². The van der Waals surface area contributed by atoms with Gasteiger partial charge in [-0.1, -0.05) is 17.2 Å². The van der Waals surface area contributed by atoms with E-state index in [2.05, 4.69) is 15.0 Å². The van der Waals surface area contributed by atoms with Gasteiger partial charge in [-0.15, -0.1) is 0 Å². The van der Waals surface area contributed by atoms with Gasteiger partial charge in [0.2, 0.25) is 0 Å². The molecule has 1 atom stereocenters. The number of hydrogen-bond donors (Lipinski definition) is 0. The van der Waals surface area contributed by atoms with E-state index in [1.54, 1.807) is 14.0 Å². The van der Waals surface area contributed by atoms with Gasteiger partial charge in [0.1, 0.15) is 17.0 Å². The van der Waals surface area contributed by atoms with Crippen LogP contribution >= 0.6 is 0 Å². The van der Waals surface area contributed by atoms with E-state index < -0.39 is 5.54 Å². The van der Waals surface area contributed by atoms with Crippen molar-refractivity contribution in [2.24, 2.45) is 5.11 Å². The summed E-state index contributed by atoms with van der Waals surface area (Å²) < 4.78 is 10.5. The van der Waals surface area contributed by atoms with E-state index in [1.807, 2.05) is 31.2 Å². The summed E-state index contributed by atoms with van der Waals surface area (Å²) in [6.07, 6.45) is 1.35. The molecule has 1 unspecified atom stereocenters. The molecule has 0 N–H and O–H groups in total. The Morgan fingerprint density at radius 1 is 1.37 bits per heavy atom. The second-order valence-electron chi connectivity index (χ2n) is 4.26. The van der Waals surface area contributed by atoms with Crippen LogP contribution in [0.1, 0.15) is 23.9 Å². The van der Waals surface area contributed by atoms with Crippen molar-refractivity contribution < 1.29 is 9.15 Å². The third-order valence-electron chi connectivity index (χ3n) is 3.08. The molecule has 0 radical (unpaired) electrons. The fraction of sp³-hybridized carbons (Fsp3) is 0.308. The Kier molecular flexibility index (Phi) is 3.44. The highest BCUT2D eigenvalue weighted by Crippen LogP contribution is 2.36. The summed E-state index contributed by atoms with van der Waals surface area (Å²) in [5.74, 6) is 1.27. The maximum Gasteiger partial charge on any atom is 0.181 e. The Hall–Kier alpha value is -2.46. The summed E-state index contributed by atoms with van der Waals surface area (Å²) in [6, 6.07) is 7.31. The number of azide groups is 1. The maximum atomic E-state index is 8.83. The van der Waals surface area contributed by atoms with E-state index in [0.717, 1.165) is 11.3 Å². The molecular formula is C13H14N4O2.